The largest absolute Gasteiger partial charge is 0.504 e. The van der Waals surface area contributed by atoms with Gasteiger partial charge in [0.05, 0.1) is 13.7 Å². The van der Waals surface area contributed by atoms with Crippen LogP contribution in [0.25, 0.3) is 6.08 Å². The van der Waals surface area contributed by atoms with Crippen molar-refractivity contribution in [3.8, 4) is 11.5 Å². The molecule has 1 N–H and O–H groups in total. The van der Waals surface area contributed by atoms with Crippen LogP contribution >= 0.6 is 0 Å². The molecule has 25 heavy (non-hydrogen) atoms. The Balaban J connectivity index is 2.15. The third kappa shape index (κ3) is 4.39. The lowest BCUT2D eigenvalue weighted by molar-refractivity contribution is -0.150. The Kier molecular flexibility index (Phi) is 6.20. The van der Waals surface area contributed by atoms with Crippen LogP contribution in [0.3, 0.4) is 0 Å². The van der Waals surface area contributed by atoms with E-state index >= 15 is 0 Å². The molecule has 1 aromatic rings. The van der Waals surface area contributed by atoms with Gasteiger partial charge >= 0.3 is 5.97 Å². The topological polar surface area (TPSA) is 76.1 Å². The summed E-state index contributed by atoms with van der Waals surface area (Å²) in [6.07, 6.45) is 4.69. The molecule has 136 valence electrons. The molecule has 6 heteroatoms. The number of methoxy groups -OCH3 is 1. The van der Waals surface area contributed by atoms with Gasteiger partial charge in [-0.25, -0.2) is 0 Å². The van der Waals surface area contributed by atoms with Gasteiger partial charge in [0.1, 0.15) is 5.41 Å². The number of hydrogen-bond acceptors (Lipinski definition) is 6. The number of allylic oxidation sites excluding steroid dienone is 1. The summed E-state index contributed by atoms with van der Waals surface area (Å²) in [5.74, 6) is -0.300. The molecule has 1 saturated heterocycles. The molecule has 6 nitrogen and oxygen atoms in total. The van der Waals surface area contributed by atoms with Crippen LogP contribution in [0.1, 0.15) is 24.8 Å². The van der Waals surface area contributed by atoms with Crippen molar-refractivity contribution in [3.63, 3.8) is 0 Å². The van der Waals surface area contributed by atoms with Crippen molar-refractivity contribution < 1.29 is 24.2 Å². The van der Waals surface area contributed by atoms with Crippen LogP contribution in [0.4, 0.5) is 0 Å². The van der Waals surface area contributed by atoms with Crippen LogP contribution in [0, 0.1) is 5.41 Å². The molecule has 1 fully saturated rings. The van der Waals surface area contributed by atoms with Crippen LogP contribution in [0.15, 0.2) is 24.3 Å². The van der Waals surface area contributed by atoms with Gasteiger partial charge in [-0.3, -0.25) is 9.59 Å². The number of benzene rings is 1. The monoisotopic (exact) mass is 347 g/mol. The van der Waals surface area contributed by atoms with E-state index in [-0.39, 0.29) is 18.1 Å². The van der Waals surface area contributed by atoms with Gasteiger partial charge in [0, 0.05) is 6.42 Å². The number of rotatable bonds is 8. The van der Waals surface area contributed by atoms with Gasteiger partial charge in [0.15, 0.2) is 17.3 Å². The lowest BCUT2D eigenvalue weighted by atomic mass is 9.77. The summed E-state index contributed by atoms with van der Waals surface area (Å²) in [6.45, 7) is 1.09. The molecule has 1 unspecified atom stereocenters. The highest BCUT2D eigenvalue weighted by Gasteiger charge is 2.49. The van der Waals surface area contributed by atoms with E-state index in [2.05, 4.69) is 0 Å². The fourth-order valence-corrected chi connectivity index (χ4v) is 2.96. The minimum absolute atomic E-state index is 0.0329. The standard InChI is InChI=1S/C19H25NO5/c1-20(2)11-4-9-19(10-12-25-18(19)23)17(22)8-6-14-5-7-15(21)16(13-14)24-3/h5-8,13,21H,4,9-12H2,1-3H3/b8-6+. The summed E-state index contributed by atoms with van der Waals surface area (Å²) >= 11 is 0. The Labute approximate surface area is 148 Å². The number of hydrogen-bond donors (Lipinski definition) is 1. The lowest BCUT2D eigenvalue weighted by Crippen LogP contribution is -2.35. The van der Waals surface area contributed by atoms with Crippen LogP contribution in [-0.4, -0.2) is 56.1 Å². The number of carbonyl (C=O) groups excluding carboxylic acids is 2. The van der Waals surface area contributed by atoms with Gasteiger partial charge in [-0.2, -0.15) is 0 Å². The first kappa shape index (κ1) is 19.0. The van der Waals surface area contributed by atoms with Crippen molar-refractivity contribution in [1.82, 2.24) is 4.90 Å². The number of phenolic OH excluding ortho intramolecular Hbond substituents is 1. The first-order valence-electron chi connectivity index (χ1n) is 8.30. The second-order valence-electron chi connectivity index (χ2n) is 6.50. The molecule has 2 rings (SSSR count). The zero-order chi connectivity index (χ0) is 18.4. The third-order valence-corrected chi connectivity index (χ3v) is 4.46. The van der Waals surface area contributed by atoms with Gasteiger partial charge in [-0.1, -0.05) is 12.1 Å². The molecule has 0 saturated carbocycles. The Morgan fingerprint density at radius 1 is 1.44 bits per heavy atom. The third-order valence-electron chi connectivity index (χ3n) is 4.46. The van der Waals surface area contributed by atoms with Crippen LogP contribution in [0.2, 0.25) is 0 Å². The van der Waals surface area contributed by atoms with E-state index in [9.17, 15) is 14.7 Å². The van der Waals surface area contributed by atoms with E-state index in [1.807, 2.05) is 19.0 Å². The molecular weight excluding hydrogens is 322 g/mol. The molecule has 0 radical (unpaired) electrons. The lowest BCUT2D eigenvalue weighted by Gasteiger charge is -2.22. The minimum Gasteiger partial charge on any atom is -0.504 e. The Hall–Kier alpha value is -2.34. The van der Waals surface area contributed by atoms with Crippen LogP contribution in [0.5, 0.6) is 11.5 Å². The molecule has 1 aliphatic heterocycles. The van der Waals surface area contributed by atoms with Crippen molar-refractivity contribution in [1.29, 1.82) is 0 Å². The van der Waals surface area contributed by atoms with Crippen molar-refractivity contribution in [2.75, 3.05) is 34.4 Å². The zero-order valence-corrected chi connectivity index (χ0v) is 14.9. The van der Waals surface area contributed by atoms with Gasteiger partial charge < -0.3 is 19.5 Å². The number of phenols is 1. The van der Waals surface area contributed by atoms with E-state index in [0.29, 0.717) is 24.2 Å². The maximum absolute atomic E-state index is 12.8. The fourth-order valence-electron chi connectivity index (χ4n) is 2.96. The average molecular weight is 347 g/mol. The van der Waals surface area contributed by atoms with Crippen molar-refractivity contribution in [2.24, 2.45) is 5.41 Å². The van der Waals surface area contributed by atoms with Gasteiger partial charge in [-0.15, -0.1) is 0 Å². The summed E-state index contributed by atoms with van der Waals surface area (Å²) in [4.78, 5) is 27.0. The van der Waals surface area contributed by atoms with Crippen LogP contribution < -0.4 is 4.74 Å². The van der Waals surface area contributed by atoms with E-state index in [4.69, 9.17) is 9.47 Å². The molecule has 0 spiro atoms. The number of carbonyl (C=O) groups is 2. The summed E-state index contributed by atoms with van der Waals surface area (Å²) in [6, 6.07) is 4.80. The number of ether oxygens (including phenoxy) is 2. The molecular formula is C19H25NO5. The van der Waals surface area contributed by atoms with E-state index in [0.717, 1.165) is 13.0 Å². The molecule has 1 atom stereocenters. The molecule has 0 aromatic heterocycles. The summed E-state index contributed by atoms with van der Waals surface area (Å²) in [7, 11) is 5.38. The van der Waals surface area contributed by atoms with Crippen molar-refractivity contribution >= 4 is 17.8 Å². The summed E-state index contributed by atoms with van der Waals surface area (Å²) in [5, 5.41) is 9.62. The van der Waals surface area contributed by atoms with Crippen LogP contribution in [-0.2, 0) is 14.3 Å². The maximum atomic E-state index is 12.8. The first-order chi connectivity index (χ1) is 11.9. The summed E-state index contributed by atoms with van der Waals surface area (Å²) < 4.78 is 10.1. The quantitative estimate of drug-likeness (QED) is 0.442. The van der Waals surface area contributed by atoms with E-state index < -0.39 is 11.4 Å². The molecule has 1 aromatic carbocycles. The SMILES string of the molecule is COc1cc(/C=C/C(=O)C2(CCCN(C)C)CCOC2=O)ccc1O. The molecule has 1 heterocycles. The van der Waals surface area contributed by atoms with E-state index in [1.165, 1.54) is 19.3 Å². The predicted octanol–water partition coefficient (Wildman–Crippen LogP) is 2.26. The Bertz CT molecular complexity index is 668. The van der Waals surface area contributed by atoms with Crippen molar-refractivity contribution in [3.05, 3.63) is 29.8 Å². The number of ketones is 1. The second kappa shape index (κ2) is 8.16. The molecule has 0 aliphatic carbocycles. The Morgan fingerprint density at radius 3 is 2.80 bits per heavy atom. The van der Waals surface area contributed by atoms with Gasteiger partial charge in [0.25, 0.3) is 0 Å². The highest BCUT2D eigenvalue weighted by molar-refractivity contribution is 6.11. The smallest absolute Gasteiger partial charge is 0.320 e. The normalized spacial score (nSPS) is 20.2. The minimum atomic E-state index is -1.08. The molecule has 1 aliphatic rings. The first-order valence-corrected chi connectivity index (χ1v) is 8.30. The van der Waals surface area contributed by atoms with E-state index in [1.54, 1.807) is 18.2 Å². The highest BCUT2D eigenvalue weighted by Crippen LogP contribution is 2.37. The average Bonchev–Trinajstić information content (AvgIpc) is 2.95. The number of cyclic esters (lactones) is 1. The number of aromatic hydroxyl groups is 1. The fraction of sp³-hybridized carbons (Fsp3) is 0.474. The Morgan fingerprint density at radius 2 is 2.20 bits per heavy atom. The predicted molar refractivity (Wildman–Crippen MR) is 94.5 cm³/mol. The second-order valence-corrected chi connectivity index (χ2v) is 6.50. The van der Waals surface area contributed by atoms with Gasteiger partial charge in [0.2, 0.25) is 0 Å². The maximum Gasteiger partial charge on any atom is 0.320 e. The van der Waals surface area contributed by atoms with Gasteiger partial charge in [-0.05, 0) is 57.3 Å². The number of nitrogens with zero attached hydrogens (tertiary/aromatic N) is 1. The highest BCUT2D eigenvalue weighted by atomic mass is 16.5. The van der Waals surface area contributed by atoms with Crippen molar-refractivity contribution in [2.45, 2.75) is 19.3 Å². The molecule has 0 amide bonds. The molecule has 0 bridgehead atoms. The zero-order valence-electron chi connectivity index (χ0n) is 14.9. The number of esters is 1. The summed E-state index contributed by atoms with van der Waals surface area (Å²) in [5.41, 5.74) is -0.370.